The fraction of sp³-hybridized carbons (Fsp3) is 0.615. The zero-order valence-corrected chi connectivity index (χ0v) is 12.1. The van der Waals surface area contributed by atoms with Gasteiger partial charge in [-0.05, 0) is 37.1 Å². The summed E-state index contributed by atoms with van der Waals surface area (Å²) >= 11 is 3.43. The van der Waals surface area contributed by atoms with Crippen LogP contribution in [0.4, 0.5) is 0 Å². The smallest absolute Gasteiger partial charge is 0.345 e. The minimum absolute atomic E-state index is 0.428. The Morgan fingerprint density at radius 2 is 2.39 bits per heavy atom. The highest BCUT2D eigenvalue weighted by atomic mass is 32.2. The van der Waals surface area contributed by atoms with Gasteiger partial charge in [0.25, 0.3) is 0 Å². The first-order chi connectivity index (χ1) is 8.69. The van der Waals surface area contributed by atoms with Gasteiger partial charge in [0.1, 0.15) is 4.88 Å². The molecule has 1 aromatic rings. The molecule has 1 saturated carbocycles. The molecule has 0 radical (unpaired) electrons. The van der Waals surface area contributed by atoms with Gasteiger partial charge in [-0.25, -0.2) is 4.79 Å². The Morgan fingerprint density at radius 3 is 3.06 bits per heavy atom. The van der Waals surface area contributed by atoms with Gasteiger partial charge in [-0.2, -0.15) is 11.8 Å². The van der Waals surface area contributed by atoms with E-state index < -0.39 is 5.97 Å². The van der Waals surface area contributed by atoms with Crippen molar-refractivity contribution in [2.75, 3.05) is 5.75 Å². The number of aromatic carboxylic acids is 1. The highest BCUT2D eigenvalue weighted by Gasteiger charge is 2.24. The van der Waals surface area contributed by atoms with E-state index in [1.807, 2.05) is 6.07 Å². The average molecular weight is 285 g/mol. The van der Waals surface area contributed by atoms with E-state index in [4.69, 9.17) is 5.11 Å². The first-order valence-corrected chi connectivity index (χ1v) is 8.22. The molecule has 5 heteroatoms. The second-order valence-corrected chi connectivity index (χ2v) is 7.29. The van der Waals surface area contributed by atoms with Gasteiger partial charge in [0, 0.05) is 22.7 Å². The number of thiophene rings is 1. The van der Waals surface area contributed by atoms with Crippen molar-refractivity contribution < 1.29 is 9.90 Å². The molecule has 0 amide bonds. The van der Waals surface area contributed by atoms with Gasteiger partial charge in [-0.3, -0.25) is 0 Å². The van der Waals surface area contributed by atoms with Crippen molar-refractivity contribution in [2.45, 2.75) is 44.0 Å². The fourth-order valence-corrected chi connectivity index (χ4v) is 4.29. The van der Waals surface area contributed by atoms with Crippen LogP contribution in [0, 0.1) is 0 Å². The lowest BCUT2D eigenvalue weighted by Gasteiger charge is -2.12. The Bertz CT molecular complexity index is 405. The van der Waals surface area contributed by atoms with Gasteiger partial charge >= 0.3 is 5.97 Å². The summed E-state index contributed by atoms with van der Waals surface area (Å²) in [5.74, 6) is 0.371. The van der Waals surface area contributed by atoms with E-state index in [0.29, 0.717) is 10.9 Å². The van der Waals surface area contributed by atoms with Crippen LogP contribution >= 0.6 is 23.1 Å². The van der Waals surface area contributed by atoms with Gasteiger partial charge in [0.05, 0.1) is 0 Å². The first kappa shape index (κ1) is 13.9. The molecule has 2 rings (SSSR count). The number of hydrogen-bond acceptors (Lipinski definition) is 4. The van der Waals surface area contributed by atoms with Crippen molar-refractivity contribution in [2.24, 2.45) is 0 Å². The lowest BCUT2D eigenvalue weighted by atomic mass is 10.2. The maximum absolute atomic E-state index is 10.8. The van der Waals surface area contributed by atoms with E-state index in [9.17, 15) is 4.79 Å². The van der Waals surface area contributed by atoms with E-state index >= 15 is 0 Å². The Balaban J connectivity index is 1.76. The average Bonchev–Trinajstić information content (AvgIpc) is 2.95. The van der Waals surface area contributed by atoms with Gasteiger partial charge in [-0.15, -0.1) is 11.3 Å². The molecule has 0 aromatic carbocycles. The van der Waals surface area contributed by atoms with Crippen molar-refractivity contribution in [3.63, 3.8) is 0 Å². The zero-order valence-electron chi connectivity index (χ0n) is 10.5. The third kappa shape index (κ3) is 3.73. The maximum atomic E-state index is 10.8. The standard InChI is InChI=1S/C13H19NO2S2/c1-2-17-10-4-3-9(7-10)14-8-11-5-6-12(18-11)13(15)16/h5-6,9-10,14H,2-4,7-8H2,1H3,(H,15,16). The summed E-state index contributed by atoms with van der Waals surface area (Å²) in [6, 6.07) is 4.20. The van der Waals surface area contributed by atoms with Crippen LogP contribution in [0.5, 0.6) is 0 Å². The highest BCUT2D eigenvalue weighted by molar-refractivity contribution is 7.99. The highest BCUT2D eigenvalue weighted by Crippen LogP contribution is 2.30. The molecule has 1 aliphatic carbocycles. The summed E-state index contributed by atoms with van der Waals surface area (Å²) < 4.78 is 0. The Labute approximate surface area is 116 Å². The lowest BCUT2D eigenvalue weighted by Crippen LogP contribution is -2.25. The van der Waals surface area contributed by atoms with E-state index in [1.165, 1.54) is 36.4 Å². The molecule has 100 valence electrons. The molecule has 1 aromatic heterocycles. The number of hydrogen-bond donors (Lipinski definition) is 2. The summed E-state index contributed by atoms with van der Waals surface area (Å²) in [5.41, 5.74) is 0. The molecule has 1 heterocycles. The Morgan fingerprint density at radius 1 is 1.56 bits per heavy atom. The largest absolute Gasteiger partial charge is 0.477 e. The minimum atomic E-state index is -0.827. The number of carbonyl (C=O) groups is 1. The molecule has 18 heavy (non-hydrogen) atoms. The molecule has 2 N–H and O–H groups in total. The quantitative estimate of drug-likeness (QED) is 0.842. The molecular weight excluding hydrogens is 266 g/mol. The number of carboxylic acid groups (broad SMARTS) is 1. The summed E-state index contributed by atoms with van der Waals surface area (Å²) in [4.78, 5) is 12.3. The maximum Gasteiger partial charge on any atom is 0.345 e. The van der Waals surface area contributed by atoms with Crippen molar-refractivity contribution >= 4 is 29.1 Å². The first-order valence-electron chi connectivity index (χ1n) is 6.36. The van der Waals surface area contributed by atoms with Crippen LogP contribution in [0.15, 0.2) is 12.1 Å². The van der Waals surface area contributed by atoms with Crippen molar-refractivity contribution in [3.05, 3.63) is 21.9 Å². The van der Waals surface area contributed by atoms with Crippen molar-refractivity contribution in [1.82, 2.24) is 5.32 Å². The third-order valence-electron chi connectivity index (χ3n) is 3.22. The molecule has 1 fully saturated rings. The molecular formula is C13H19NO2S2. The molecule has 1 aliphatic rings. The molecule has 2 atom stereocenters. The summed E-state index contributed by atoms with van der Waals surface area (Å²) in [5, 5.41) is 13.2. The van der Waals surface area contributed by atoms with Gasteiger partial charge in [-0.1, -0.05) is 6.92 Å². The Kier molecular flexibility index (Phi) is 5.09. The predicted molar refractivity (Wildman–Crippen MR) is 77.7 cm³/mol. The summed E-state index contributed by atoms with van der Waals surface area (Å²) in [6.07, 6.45) is 3.80. The Hall–Kier alpha value is -0.520. The molecule has 2 unspecified atom stereocenters. The van der Waals surface area contributed by atoms with Gasteiger partial charge < -0.3 is 10.4 Å². The molecule has 0 aliphatic heterocycles. The van der Waals surface area contributed by atoms with Crippen LogP contribution in [0.25, 0.3) is 0 Å². The topological polar surface area (TPSA) is 49.3 Å². The van der Waals surface area contributed by atoms with E-state index in [-0.39, 0.29) is 0 Å². The van der Waals surface area contributed by atoms with Crippen LogP contribution in [-0.2, 0) is 6.54 Å². The van der Waals surface area contributed by atoms with Crippen LogP contribution in [0.2, 0.25) is 0 Å². The summed E-state index contributed by atoms with van der Waals surface area (Å²) in [7, 11) is 0. The predicted octanol–water partition coefficient (Wildman–Crippen LogP) is 3.21. The number of nitrogens with one attached hydrogen (secondary N) is 1. The third-order valence-corrected chi connectivity index (χ3v) is 5.53. The molecule has 3 nitrogen and oxygen atoms in total. The molecule has 0 spiro atoms. The fourth-order valence-electron chi connectivity index (χ4n) is 2.35. The second-order valence-electron chi connectivity index (χ2n) is 4.54. The van der Waals surface area contributed by atoms with E-state index in [0.717, 1.165) is 16.7 Å². The SMILES string of the molecule is CCSC1CCC(NCc2ccc(C(=O)O)s2)C1. The van der Waals surface area contributed by atoms with Crippen LogP contribution < -0.4 is 5.32 Å². The minimum Gasteiger partial charge on any atom is -0.477 e. The molecule has 0 bridgehead atoms. The number of thioether (sulfide) groups is 1. The number of rotatable bonds is 6. The monoisotopic (exact) mass is 285 g/mol. The van der Waals surface area contributed by atoms with Crippen LogP contribution in [-0.4, -0.2) is 28.1 Å². The van der Waals surface area contributed by atoms with Crippen LogP contribution in [0.3, 0.4) is 0 Å². The zero-order chi connectivity index (χ0) is 13.0. The second kappa shape index (κ2) is 6.59. The van der Waals surface area contributed by atoms with Crippen molar-refractivity contribution in [1.29, 1.82) is 0 Å². The van der Waals surface area contributed by atoms with Crippen molar-refractivity contribution in [3.8, 4) is 0 Å². The lowest BCUT2D eigenvalue weighted by molar-refractivity contribution is 0.0702. The summed E-state index contributed by atoms with van der Waals surface area (Å²) in [6.45, 7) is 3.01. The van der Waals surface area contributed by atoms with E-state index in [1.54, 1.807) is 6.07 Å². The number of carboxylic acids is 1. The van der Waals surface area contributed by atoms with Gasteiger partial charge in [0.2, 0.25) is 0 Å². The van der Waals surface area contributed by atoms with E-state index in [2.05, 4.69) is 24.0 Å². The van der Waals surface area contributed by atoms with Gasteiger partial charge in [0.15, 0.2) is 0 Å². The van der Waals surface area contributed by atoms with Crippen LogP contribution in [0.1, 0.15) is 40.7 Å². The normalized spacial score (nSPS) is 23.4. The molecule has 0 saturated heterocycles.